The standard InChI is InChI=1S/C14H20ClNO/c1-3-13(15)10-16-14(17)9-8-12-7-5-4-6-11(12)2/h4-7,13H,3,8-10H2,1-2H3,(H,16,17). The third-order valence-corrected chi connectivity index (χ3v) is 3.31. The number of alkyl halides is 1. The molecule has 1 N–H and O–H groups in total. The van der Waals surface area contributed by atoms with Crippen LogP contribution in [0.15, 0.2) is 24.3 Å². The molecule has 1 rings (SSSR count). The van der Waals surface area contributed by atoms with Gasteiger partial charge < -0.3 is 5.32 Å². The number of hydrogen-bond acceptors (Lipinski definition) is 1. The van der Waals surface area contributed by atoms with Crippen LogP contribution < -0.4 is 5.32 Å². The number of halogens is 1. The molecule has 0 spiro atoms. The first-order valence-corrected chi connectivity index (χ1v) is 6.52. The Bertz CT molecular complexity index is 365. The second kappa shape index (κ2) is 7.33. The number of amides is 1. The van der Waals surface area contributed by atoms with Gasteiger partial charge in [0.1, 0.15) is 0 Å². The Morgan fingerprint density at radius 1 is 1.41 bits per heavy atom. The molecule has 1 atom stereocenters. The molecule has 0 saturated heterocycles. The molecule has 1 unspecified atom stereocenters. The summed E-state index contributed by atoms with van der Waals surface area (Å²) in [5.41, 5.74) is 2.48. The van der Waals surface area contributed by atoms with E-state index in [1.165, 1.54) is 11.1 Å². The Kier molecular flexibility index (Phi) is 6.06. The fourth-order valence-electron chi connectivity index (χ4n) is 1.60. The smallest absolute Gasteiger partial charge is 0.220 e. The number of aryl methyl sites for hydroxylation is 2. The van der Waals surface area contributed by atoms with E-state index in [2.05, 4.69) is 24.4 Å². The summed E-state index contributed by atoms with van der Waals surface area (Å²) in [6.07, 6.45) is 2.19. The third kappa shape index (κ3) is 5.22. The second-order valence-electron chi connectivity index (χ2n) is 4.24. The van der Waals surface area contributed by atoms with Crippen molar-refractivity contribution in [1.29, 1.82) is 0 Å². The van der Waals surface area contributed by atoms with Crippen LogP contribution >= 0.6 is 11.6 Å². The summed E-state index contributed by atoms with van der Waals surface area (Å²) in [5.74, 6) is 0.0763. The maximum Gasteiger partial charge on any atom is 0.220 e. The van der Waals surface area contributed by atoms with Crippen LogP contribution in [0.25, 0.3) is 0 Å². The van der Waals surface area contributed by atoms with Crippen molar-refractivity contribution >= 4 is 17.5 Å². The van der Waals surface area contributed by atoms with Gasteiger partial charge in [-0.25, -0.2) is 0 Å². The number of rotatable bonds is 6. The summed E-state index contributed by atoms with van der Waals surface area (Å²) in [4.78, 5) is 11.6. The maximum atomic E-state index is 11.6. The van der Waals surface area contributed by atoms with Crippen molar-refractivity contribution in [2.24, 2.45) is 0 Å². The molecule has 2 nitrogen and oxygen atoms in total. The van der Waals surface area contributed by atoms with Gasteiger partial charge >= 0.3 is 0 Å². The molecule has 3 heteroatoms. The molecule has 1 aromatic rings. The molecule has 0 saturated carbocycles. The Morgan fingerprint density at radius 3 is 2.76 bits per heavy atom. The van der Waals surface area contributed by atoms with Crippen molar-refractivity contribution in [1.82, 2.24) is 5.32 Å². The summed E-state index contributed by atoms with van der Waals surface area (Å²) in [6, 6.07) is 8.16. The predicted octanol–water partition coefficient (Wildman–Crippen LogP) is 3.06. The maximum absolute atomic E-state index is 11.6. The van der Waals surface area contributed by atoms with Crippen molar-refractivity contribution in [3.63, 3.8) is 0 Å². The van der Waals surface area contributed by atoms with E-state index in [9.17, 15) is 4.79 Å². The summed E-state index contributed by atoms with van der Waals surface area (Å²) in [7, 11) is 0. The Morgan fingerprint density at radius 2 is 2.12 bits per heavy atom. The highest BCUT2D eigenvalue weighted by Crippen LogP contribution is 2.09. The fraction of sp³-hybridized carbons (Fsp3) is 0.500. The van der Waals surface area contributed by atoms with E-state index < -0.39 is 0 Å². The molecule has 0 aliphatic rings. The van der Waals surface area contributed by atoms with Crippen LogP contribution in [0, 0.1) is 6.92 Å². The first-order chi connectivity index (χ1) is 8.13. The Balaban J connectivity index is 2.31. The molecule has 0 bridgehead atoms. The minimum absolute atomic E-state index is 0.0393. The quantitative estimate of drug-likeness (QED) is 0.776. The highest BCUT2D eigenvalue weighted by molar-refractivity contribution is 6.20. The summed E-state index contributed by atoms with van der Waals surface area (Å²) >= 11 is 5.94. The third-order valence-electron chi connectivity index (χ3n) is 2.85. The van der Waals surface area contributed by atoms with Crippen LogP contribution in [-0.4, -0.2) is 17.8 Å². The molecule has 94 valence electrons. The normalized spacial score (nSPS) is 12.2. The zero-order valence-electron chi connectivity index (χ0n) is 10.5. The molecular formula is C14H20ClNO. The molecule has 0 fully saturated rings. The van der Waals surface area contributed by atoms with E-state index in [-0.39, 0.29) is 11.3 Å². The van der Waals surface area contributed by atoms with E-state index in [4.69, 9.17) is 11.6 Å². The van der Waals surface area contributed by atoms with E-state index in [0.29, 0.717) is 13.0 Å². The van der Waals surface area contributed by atoms with Crippen LogP contribution in [-0.2, 0) is 11.2 Å². The molecule has 1 amide bonds. The lowest BCUT2D eigenvalue weighted by atomic mass is 10.0. The van der Waals surface area contributed by atoms with Gasteiger partial charge in [0.15, 0.2) is 0 Å². The van der Waals surface area contributed by atoms with E-state index in [1.807, 2.05) is 19.1 Å². The lowest BCUT2D eigenvalue weighted by molar-refractivity contribution is -0.121. The first kappa shape index (κ1) is 14.0. The highest BCUT2D eigenvalue weighted by atomic mass is 35.5. The lowest BCUT2D eigenvalue weighted by Crippen LogP contribution is -2.29. The number of nitrogens with one attached hydrogen (secondary N) is 1. The van der Waals surface area contributed by atoms with Gasteiger partial charge in [-0.1, -0.05) is 31.2 Å². The SMILES string of the molecule is CCC(Cl)CNC(=O)CCc1ccccc1C. The average Bonchev–Trinajstić information content (AvgIpc) is 2.35. The minimum Gasteiger partial charge on any atom is -0.355 e. The topological polar surface area (TPSA) is 29.1 Å². The number of hydrogen-bond donors (Lipinski definition) is 1. The largest absolute Gasteiger partial charge is 0.355 e. The van der Waals surface area contributed by atoms with Crippen LogP contribution in [0.5, 0.6) is 0 Å². The Hall–Kier alpha value is -1.02. The lowest BCUT2D eigenvalue weighted by Gasteiger charge is -2.09. The van der Waals surface area contributed by atoms with Crippen LogP contribution in [0.2, 0.25) is 0 Å². The van der Waals surface area contributed by atoms with E-state index in [1.54, 1.807) is 0 Å². The molecule has 1 aromatic carbocycles. The molecule has 0 aromatic heterocycles. The average molecular weight is 254 g/mol. The zero-order valence-corrected chi connectivity index (χ0v) is 11.3. The zero-order chi connectivity index (χ0) is 12.7. The number of benzene rings is 1. The minimum atomic E-state index is 0.0393. The van der Waals surface area contributed by atoms with Gasteiger partial charge in [-0.15, -0.1) is 11.6 Å². The molecule has 0 aliphatic heterocycles. The molecular weight excluding hydrogens is 234 g/mol. The number of carbonyl (C=O) groups is 1. The van der Waals surface area contributed by atoms with Crippen molar-refractivity contribution in [3.05, 3.63) is 35.4 Å². The van der Waals surface area contributed by atoms with Gasteiger partial charge in [-0.05, 0) is 30.9 Å². The van der Waals surface area contributed by atoms with Gasteiger partial charge in [-0.3, -0.25) is 4.79 Å². The van der Waals surface area contributed by atoms with Crippen LogP contribution in [0.3, 0.4) is 0 Å². The van der Waals surface area contributed by atoms with Gasteiger partial charge in [0.2, 0.25) is 5.91 Å². The van der Waals surface area contributed by atoms with Crippen molar-refractivity contribution < 1.29 is 4.79 Å². The molecule has 17 heavy (non-hydrogen) atoms. The van der Waals surface area contributed by atoms with Crippen LogP contribution in [0.1, 0.15) is 30.9 Å². The van der Waals surface area contributed by atoms with Crippen molar-refractivity contribution in [2.45, 2.75) is 38.5 Å². The van der Waals surface area contributed by atoms with Gasteiger partial charge in [0.25, 0.3) is 0 Å². The summed E-state index contributed by atoms with van der Waals surface area (Å²) in [6.45, 7) is 4.64. The first-order valence-electron chi connectivity index (χ1n) is 6.08. The van der Waals surface area contributed by atoms with Gasteiger partial charge in [-0.2, -0.15) is 0 Å². The van der Waals surface area contributed by atoms with E-state index >= 15 is 0 Å². The summed E-state index contributed by atoms with van der Waals surface area (Å²) in [5, 5.41) is 2.89. The van der Waals surface area contributed by atoms with Gasteiger partial charge in [0.05, 0.1) is 5.38 Å². The van der Waals surface area contributed by atoms with Crippen molar-refractivity contribution in [2.75, 3.05) is 6.54 Å². The Labute approximate surface area is 108 Å². The highest BCUT2D eigenvalue weighted by Gasteiger charge is 2.06. The monoisotopic (exact) mass is 253 g/mol. The molecule has 0 heterocycles. The van der Waals surface area contributed by atoms with Crippen molar-refractivity contribution in [3.8, 4) is 0 Å². The second-order valence-corrected chi connectivity index (χ2v) is 4.85. The molecule has 0 radical (unpaired) electrons. The van der Waals surface area contributed by atoms with E-state index in [0.717, 1.165) is 12.8 Å². The fourth-order valence-corrected chi connectivity index (χ4v) is 1.67. The number of carbonyl (C=O) groups excluding carboxylic acids is 1. The summed E-state index contributed by atoms with van der Waals surface area (Å²) < 4.78 is 0. The van der Waals surface area contributed by atoms with Crippen LogP contribution in [0.4, 0.5) is 0 Å². The van der Waals surface area contributed by atoms with Gasteiger partial charge in [0, 0.05) is 13.0 Å². The predicted molar refractivity (Wildman–Crippen MR) is 72.4 cm³/mol. The molecule has 0 aliphatic carbocycles.